The second-order valence-corrected chi connectivity index (χ2v) is 7.35. The molecule has 4 heteroatoms. The number of aliphatic hydroxyl groups excluding tert-OH is 1. The number of unbranched alkanes of at least 4 members (excludes halogenated alkanes) is 7. The average molecular weight is 302 g/mol. The highest BCUT2D eigenvalue weighted by Crippen LogP contribution is 2.21. The summed E-state index contributed by atoms with van der Waals surface area (Å²) < 4.78 is 1.21. The summed E-state index contributed by atoms with van der Waals surface area (Å²) in [5, 5.41) is 11.2. The van der Waals surface area contributed by atoms with Crippen LogP contribution in [-0.2, 0) is 0 Å². The summed E-state index contributed by atoms with van der Waals surface area (Å²) in [6.45, 7) is 1.88. The smallest absolute Gasteiger partial charge is 0.149 e. The Bertz CT molecular complexity index is 288. The summed E-state index contributed by atoms with van der Waals surface area (Å²) in [5.41, 5.74) is 0. The van der Waals surface area contributed by atoms with Gasteiger partial charge in [0, 0.05) is 17.3 Å². The van der Waals surface area contributed by atoms with Gasteiger partial charge in [-0.05, 0) is 19.8 Å². The number of aliphatic hydroxyl groups is 1. The summed E-state index contributed by atoms with van der Waals surface area (Å²) in [6, 6.07) is 0. The molecule has 0 aliphatic heterocycles. The fourth-order valence-corrected chi connectivity index (χ4v) is 3.75. The molecule has 1 N–H and O–H groups in total. The molecule has 0 saturated carbocycles. The monoisotopic (exact) mass is 301 g/mol. The van der Waals surface area contributed by atoms with E-state index in [4.69, 9.17) is 5.11 Å². The second kappa shape index (κ2) is 11.7. The van der Waals surface area contributed by atoms with Gasteiger partial charge in [0.25, 0.3) is 0 Å². The van der Waals surface area contributed by atoms with Crippen LogP contribution in [0.4, 0.5) is 0 Å². The number of thioether (sulfide) groups is 1. The van der Waals surface area contributed by atoms with Crippen LogP contribution < -0.4 is 0 Å². The molecule has 1 heterocycles. The number of rotatable bonds is 12. The molecule has 1 aromatic heterocycles. The molecule has 1 unspecified atom stereocenters. The van der Waals surface area contributed by atoms with Crippen LogP contribution in [0.2, 0.25) is 0 Å². The van der Waals surface area contributed by atoms with Crippen molar-refractivity contribution in [3.63, 3.8) is 0 Å². The fraction of sp³-hybridized carbons (Fsp3) is 0.800. The third kappa shape index (κ3) is 10.4. The third-order valence-electron chi connectivity index (χ3n) is 3.15. The maximum absolute atomic E-state index is 9.14. The van der Waals surface area contributed by atoms with E-state index in [1.54, 1.807) is 11.3 Å². The Morgan fingerprint density at radius 3 is 2.32 bits per heavy atom. The fourth-order valence-electron chi connectivity index (χ4n) is 2.04. The molecule has 19 heavy (non-hydrogen) atoms. The molecule has 0 aromatic carbocycles. The predicted octanol–water partition coefficient (Wildman–Crippen LogP) is 5.13. The Morgan fingerprint density at radius 2 is 1.74 bits per heavy atom. The van der Waals surface area contributed by atoms with E-state index in [1.165, 1.54) is 61.5 Å². The molecule has 1 atom stereocenters. The highest BCUT2D eigenvalue weighted by atomic mass is 32.2. The van der Waals surface area contributed by atoms with Crippen LogP contribution in [0, 0.1) is 0 Å². The number of hydrogen-bond acceptors (Lipinski definition) is 4. The molecular weight excluding hydrogens is 274 g/mol. The van der Waals surface area contributed by atoms with Crippen LogP contribution in [0.5, 0.6) is 0 Å². The van der Waals surface area contributed by atoms with E-state index in [9.17, 15) is 0 Å². The van der Waals surface area contributed by atoms with Crippen LogP contribution in [0.25, 0.3) is 0 Å². The van der Waals surface area contributed by atoms with Crippen molar-refractivity contribution in [3.05, 3.63) is 11.6 Å². The SMILES string of the molecule is CC(O)CCCCCCCCCCSc1nccs1. The van der Waals surface area contributed by atoms with Crippen LogP contribution >= 0.6 is 23.1 Å². The Labute approximate surface area is 126 Å². The van der Waals surface area contributed by atoms with E-state index in [0.717, 1.165) is 6.42 Å². The lowest BCUT2D eigenvalue weighted by molar-refractivity contribution is 0.180. The molecule has 0 amide bonds. The Hall–Kier alpha value is -0.0600. The van der Waals surface area contributed by atoms with Crippen molar-refractivity contribution < 1.29 is 5.11 Å². The van der Waals surface area contributed by atoms with Crippen molar-refractivity contribution in [2.45, 2.75) is 75.2 Å². The molecule has 0 aliphatic rings. The zero-order chi connectivity index (χ0) is 13.8. The summed E-state index contributed by atoms with van der Waals surface area (Å²) in [5.74, 6) is 1.21. The van der Waals surface area contributed by atoms with Gasteiger partial charge in [0.05, 0.1) is 6.10 Å². The van der Waals surface area contributed by atoms with E-state index in [1.807, 2.05) is 30.3 Å². The van der Waals surface area contributed by atoms with Crippen molar-refractivity contribution in [1.82, 2.24) is 4.98 Å². The molecule has 0 fully saturated rings. The minimum absolute atomic E-state index is 0.115. The van der Waals surface area contributed by atoms with Gasteiger partial charge < -0.3 is 5.11 Å². The van der Waals surface area contributed by atoms with E-state index < -0.39 is 0 Å². The third-order valence-corrected chi connectivity index (χ3v) is 5.20. The highest BCUT2D eigenvalue weighted by Gasteiger charge is 1.97. The molecule has 0 bridgehead atoms. The van der Waals surface area contributed by atoms with E-state index in [0.29, 0.717) is 0 Å². The molecule has 0 saturated heterocycles. The highest BCUT2D eigenvalue weighted by molar-refractivity contribution is 8.00. The first-order chi connectivity index (χ1) is 9.29. The average Bonchev–Trinajstić information content (AvgIpc) is 2.88. The summed E-state index contributed by atoms with van der Waals surface area (Å²) in [6.07, 6.45) is 13.3. The number of nitrogens with zero attached hydrogens (tertiary/aromatic N) is 1. The van der Waals surface area contributed by atoms with Gasteiger partial charge in [-0.15, -0.1) is 11.3 Å². The van der Waals surface area contributed by atoms with Gasteiger partial charge in [-0.1, -0.05) is 56.7 Å². The lowest BCUT2D eigenvalue weighted by atomic mass is 10.1. The molecule has 1 aromatic rings. The maximum atomic E-state index is 9.14. The summed E-state index contributed by atoms with van der Waals surface area (Å²) >= 11 is 3.63. The molecule has 0 spiro atoms. The van der Waals surface area contributed by atoms with E-state index in [2.05, 4.69) is 4.98 Å². The van der Waals surface area contributed by atoms with Crippen molar-refractivity contribution in [2.24, 2.45) is 0 Å². The molecule has 0 radical (unpaired) electrons. The van der Waals surface area contributed by atoms with Gasteiger partial charge in [-0.25, -0.2) is 4.98 Å². The predicted molar refractivity (Wildman–Crippen MR) is 86.1 cm³/mol. The van der Waals surface area contributed by atoms with Gasteiger partial charge in [0.2, 0.25) is 0 Å². The molecular formula is C15H27NOS2. The van der Waals surface area contributed by atoms with E-state index >= 15 is 0 Å². The first-order valence-corrected chi connectivity index (χ1v) is 9.36. The van der Waals surface area contributed by atoms with Crippen LogP contribution in [-0.4, -0.2) is 21.9 Å². The number of aromatic nitrogens is 1. The van der Waals surface area contributed by atoms with Crippen LogP contribution in [0.15, 0.2) is 15.9 Å². The van der Waals surface area contributed by atoms with Gasteiger partial charge in [-0.3, -0.25) is 0 Å². The Balaban J connectivity index is 1.74. The molecule has 2 nitrogen and oxygen atoms in total. The van der Waals surface area contributed by atoms with Crippen molar-refractivity contribution in [1.29, 1.82) is 0 Å². The Morgan fingerprint density at radius 1 is 1.11 bits per heavy atom. The molecule has 110 valence electrons. The van der Waals surface area contributed by atoms with Crippen molar-refractivity contribution >= 4 is 23.1 Å². The summed E-state index contributed by atoms with van der Waals surface area (Å²) in [7, 11) is 0. The zero-order valence-corrected chi connectivity index (χ0v) is 13.6. The maximum Gasteiger partial charge on any atom is 0.149 e. The minimum atomic E-state index is -0.115. The van der Waals surface area contributed by atoms with E-state index in [-0.39, 0.29) is 6.10 Å². The molecule has 0 aliphatic carbocycles. The summed E-state index contributed by atoms with van der Waals surface area (Å²) in [4.78, 5) is 4.27. The second-order valence-electron chi connectivity index (χ2n) is 5.11. The van der Waals surface area contributed by atoms with Gasteiger partial charge >= 0.3 is 0 Å². The Kier molecular flexibility index (Phi) is 10.5. The van der Waals surface area contributed by atoms with Gasteiger partial charge in [-0.2, -0.15) is 0 Å². The number of thiazole rings is 1. The quantitative estimate of drug-likeness (QED) is 0.429. The minimum Gasteiger partial charge on any atom is -0.393 e. The lowest BCUT2D eigenvalue weighted by Gasteiger charge is -2.04. The first kappa shape index (κ1) is 17.0. The standard InChI is InChI=1S/C15H27NOS2/c1-14(17)10-8-6-4-2-3-5-7-9-12-18-15-16-11-13-19-15/h11,13-14,17H,2-10,12H2,1H3. The lowest BCUT2D eigenvalue weighted by Crippen LogP contribution is -1.98. The number of hydrogen-bond donors (Lipinski definition) is 1. The van der Waals surface area contributed by atoms with Crippen LogP contribution in [0.3, 0.4) is 0 Å². The van der Waals surface area contributed by atoms with Crippen molar-refractivity contribution in [2.75, 3.05) is 5.75 Å². The normalized spacial score (nSPS) is 12.7. The van der Waals surface area contributed by atoms with Gasteiger partial charge in [0.15, 0.2) is 0 Å². The topological polar surface area (TPSA) is 33.1 Å². The van der Waals surface area contributed by atoms with Crippen LogP contribution in [0.1, 0.15) is 64.7 Å². The largest absolute Gasteiger partial charge is 0.393 e. The first-order valence-electron chi connectivity index (χ1n) is 7.49. The zero-order valence-electron chi connectivity index (χ0n) is 12.0. The van der Waals surface area contributed by atoms with Crippen molar-refractivity contribution in [3.8, 4) is 0 Å². The molecule has 1 rings (SSSR count). The van der Waals surface area contributed by atoms with Gasteiger partial charge in [0.1, 0.15) is 4.34 Å².